The molecule has 0 bridgehead atoms. The molecule has 2 N–H and O–H groups in total. The summed E-state index contributed by atoms with van der Waals surface area (Å²) in [5.41, 5.74) is 1.40. The van der Waals surface area contributed by atoms with Crippen LogP contribution < -0.4 is 15.4 Å². The van der Waals surface area contributed by atoms with E-state index in [1.807, 2.05) is 12.1 Å². The lowest BCUT2D eigenvalue weighted by atomic mass is 9.87. The summed E-state index contributed by atoms with van der Waals surface area (Å²) in [6.45, 7) is 8.13. The van der Waals surface area contributed by atoms with Crippen LogP contribution in [0.1, 0.15) is 39.2 Å². The number of methoxy groups -OCH3 is 1. The van der Waals surface area contributed by atoms with Crippen molar-refractivity contribution in [1.29, 1.82) is 0 Å². The molecule has 0 radical (unpaired) electrons. The van der Waals surface area contributed by atoms with Gasteiger partial charge in [0.05, 0.1) is 13.2 Å². The van der Waals surface area contributed by atoms with Gasteiger partial charge in [-0.3, -0.25) is 4.79 Å². The lowest BCUT2D eigenvalue weighted by Crippen LogP contribution is -2.40. The summed E-state index contributed by atoms with van der Waals surface area (Å²) in [7, 11) is 1.61. The highest BCUT2D eigenvalue weighted by Crippen LogP contribution is 2.24. The third-order valence-electron chi connectivity index (χ3n) is 3.38. The van der Waals surface area contributed by atoms with Crippen LogP contribution >= 0.6 is 12.2 Å². The minimum absolute atomic E-state index is 0.114. The maximum absolute atomic E-state index is 11.7. The lowest BCUT2D eigenvalue weighted by Gasteiger charge is -2.19. The smallest absolute Gasteiger partial charge is 0.226 e. The number of carbonyl (C=O) groups is 1. The quantitative estimate of drug-likeness (QED) is 0.556. The summed E-state index contributed by atoms with van der Waals surface area (Å²) in [5.74, 6) is 0.705. The van der Waals surface area contributed by atoms with Gasteiger partial charge < -0.3 is 20.1 Å². The average Bonchev–Trinajstić information content (AvgIpc) is 2.51. The highest BCUT2D eigenvalue weighted by molar-refractivity contribution is 7.80. The van der Waals surface area contributed by atoms with E-state index in [4.69, 9.17) is 21.7 Å². The van der Waals surface area contributed by atoms with Crippen LogP contribution in [0.25, 0.3) is 0 Å². The molecule has 1 aromatic carbocycles. The molecule has 0 saturated carbocycles. The summed E-state index contributed by atoms with van der Waals surface area (Å²) in [6, 6.07) is 8.09. The fourth-order valence-corrected chi connectivity index (χ4v) is 2.19. The van der Waals surface area contributed by atoms with Gasteiger partial charge in [-0.25, -0.2) is 0 Å². The summed E-state index contributed by atoms with van der Waals surface area (Å²) in [6.07, 6.45) is 1.000. The van der Waals surface area contributed by atoms with E-state index in [1.54, 1.807) is 7.11 Å². The molecule has 0 aliphatic rings. The second-order valence-electron chi connectivity index (χ2n) is 6.52. The monoisotopic (exact) mass is 352 g/mol. The van der Waals surface area contributed by atoms with Crippen molar-refractivity contribution in [3.63, 3.8) is 0 Å². The summed E-state index contributed by atoms with van der Waals surface area (Å²) in [4.78, 5) is 11.7. The van der Waals surface area contributed by atoms with Crippen LogP contribution in [0, 0.1) is 0 Å². The van der Waals surface area contributed by atoms with E-state index >= 15 is 0 Å². The van der Waals surface area contributed by atoms with Gasteiger partial charge in [0.15, 0.2) is 5.11 Å². The Morgan fingerprint density at radius 3 is 2.42 bits per heavy atom. The topological polar surface area (TPSA) is 59.6 Å². The molecule has 24 heavy (non-hydrogen) atoms. The number of hydrogen-bond acceptors (Lipinski definition) is 4. The molecule has 0 aromatic heterocycles. The van der Waals surface area contributed by atoms with Crippen LogP contribution in [-0.2, 0) is 14.9 Å². The first-order chi connectivity index (χ1) is 11.3. The molecule has 134 valence electrons. The van der Waals surface area contributed by atoms with Gasteiger partial charge in [-0.05, 0) is 41.7 Å². The second kappa shape index (κ2) is 10.3. The molecule has 0 fully saturated rings. The fourth-order valence-electron chi connectivity index (χ4n) is 1.97. The van der Waals surface area contributed by atoms with Crippen molar-refractivity contribution in [2.45, 2.75) is 39.0 Å². The molecule has 0 atom stereocenters. The highest BCUT2D eigenvalue weighted by Gasteiger charge is 2.13. The number of thiocarbonyl (C=S) groups is 1. The van der Waals surface area contributed by atoms with Crippen molar-refractivity contribution >= 4 is 23.2 Å². The molecule has 0 aliphatic carbocycles. The first-order valence-corrected chi connectivity index (χ1v) is 8.53. The van der Waals surface area contributed by atoms with Gasteiger partial charge in [0.25, 0.3) is 0 Å². The number of carbonyl (C=O) groups excluding carboxylic acids is 1. The fraction of sp³-hybridized carbons (Fsp3) is 0.556. The predicted octanol–water partition coefficient (Wildman–Crippen LogP) is 2.78. The van der Waals surface area contributed by atoms with Crippen molar-refractivity contribution in [1.82, 2.24) is 10.6 Å². The minimum atomic E-state index is -0.114. The number of nitrogens with one attached hydrogen (secondary N) is 2. The molecule has 0 aliphatic heterocycles. The number of hydrogen-bond donors (Lipinski definition) is 2. The van der Waals surface area contributed by atoms with E-state index in [1.165, 1.54) is 5.56 Å². The van der Waals surface area contributed by atoms with Crippen molar-refractivity contribution in [3.8, 4) is 5.75 Å². The molecule has 5 nitrogen and oxygen atoms in total. The van der Waals surface area contributed by atoms with Crippen molar-refractivity contribution in [3.05, 3.63) is 29.8 Å². The molecule has 0 heterocycles. The van der Waals surface area contributed by atoms with Gasteiger partial charge in [0, 0.05) is 20.1 Å². The van der Waals surface area contributed by atoms with Crippen LogP contribution in [0.15, 0.2) is 24.3 Å². The van der Waals surface area contributed by atoms with Gasteiger partial charge >= 0.3 is 0 Å². The van der Waals surface area contributed by atoms with E-state index < -0.39 is 0 Å². The Labute approximate surface area is 150 Å². The molecule has 1 rings (SSSR count). The Morgan fingerprint density at radius 1 is 1.17 bits per heavy atom. The zero-order valence-electron chi connectivity index (χ0n) is 15.0. The third-order valence-corrected chi connectivity index (χ3v) is 3.63. The average molecular weight is 353 g/mol. The van der Waals surface area contributed by atoms with Crippen LogP contribution in [0.4, 0.5) is 0 Å². The van der Waals surface area contributed by atoms with E-state index in [0.717, 1.165) is 5.75 Å². The molecule has 1 aromatic rings. The first kappa shape index (κ1) is 20.4. The molecule has 0 unspecified atom stereocenters. The van der Waals surface area contributed by atoms with Crippen LogP contribution in [0.3, 0.4) is 0 Å². The van der Waals surface area contributed by atoms with E-state index in [0.29, 0.717) is 37.7 Å². The Bertz CT molecular complexity index is 524. The zero-order valence-corrected chi connectivity index (χ0v) is 15.8. The summed E-state index contributed by atoms with van der Waals surface area (Å²) >= 11 is 5.01. The zero-order chi connectivity index (χ0) is 18.0. The largest absolute Gasteiger partial charge is 0.494 e. The van der Waals surface area contributed by atoms with Crippen molar-refractivity contribution in [2.24, 2.45) is 0 Å². The number of ether oxygens (including phenoxy) is 2. The number of amides is 1. The standard InChI is InChI=1S/C18H28N2O3S/c1-18(2,3)14-7-9-15(10-8-14)23-12-5-6-16(21)20-17(24)19-11-13-22-4/h7-10H,5-6,11-13H2,1-4H3,(H2,19,20,21,24). The summed E-state index contributed by atoms with van der Waals surface area (Å²) < 4.78 is 10.6. The van der Waals surface area contributed by atoms with Crippen molar-refractivity contribution in [2.75, 3.05) is 26.9 Å². The van der Waals surface area contributed by atoms with E-state index in [2.05, 4.69) is 43.5 Å². The van der Waals surface area contributed by atoms with Crippen LogP contribution in [-0.4, -0.2) is 37.9 Å². The second-order valence-corrected chi connectivity index (χ2v) is 6.93. The SMILES string of the molecule is COCCNC(=S)NC(=O)CCCOc1ccc(C(C)(C)C)cc1. The highest BCUT2D eigenvalue weighted by atomic mass is 32.1. The van der Waals surface area contributed by atoms with Crippen LogP contribution in [0.5, 0.6) is 5.75 Å². The molecule has 1 amide bonds. The van der Waals surface area contributed by atoms with E-state index in [-0.39, 0.29) is 11.3 Å². The Morgan fingerprint density at radius 2 is 1.83 bits per heavy atom. The van der Waals surface area contributed by atoms with E-state index in [9.17, 15) is 4.79 Å². The minimum Gasteiger partial charge on any atom is -0.494 e. The third kappa shape index (κ3) is 8.26. The molecule has 6 heteroatoms. The van der Waals surface area contributed by atoms with Gasteiger partial charge in [-0.1, -0.05) is 32.9 Å². The molecule has 0 spiro atoms. The van der Waals surface area contributed by atoms with Crippen LogP contribution in [0.2, 0.25) is 0 Å². The maximum atomic E-state index is 11.7. The van der Waals surface area contributed by atoms with Gasteiger partial charge in [-0.2, -0.15) is 0 Å². The summed E-state index contributed by atoms with van der Waals surface area (Å²) in [5, 5.41) is 5.85. The maximum Gasteiger partial charge on any atom is 0.226 e. The Kier molecular flexibility index (Phi) is 8.71. The molecule has 0 saturated heterocycles. The molecular weight excluding hydrogens is 324 g/mol. The Hall–Kier alpha value is -1.66. The van der Waals surface area contributed by atoms with Gasteiger partial charge in [-0.15, -0.1) is 0 Å². The van der Waals surface area contributed by atoms with Gasteiger partial charge in [0.2, 0.25) is 5.91 Å². The van der Waals surface area contributed by atoms with Crippen molar-refractivity contribution < 1.29 is 14.3 Å². The number of benzene rings is 1. The number of rotatable bonds is 8. The predicted molar refractivity (Wildman–Crippen MR) is 100 cm³/mol. The Balaban J connectivity index is 2.21. The van der Waals surface area contributed by atoms with Gasteiger partial charge in [0.1, 0.15) is 5.75 Å². The lowest BCUT2D eigenvalue weighted by molar-refractivity contribution is -0.119. The normalized spacial score (nSPS) is 11.0. The first-order valence-electron chi connectivity index (χ1n) is 8.13. The molecular formula is C18H28N2O3S.